The Balaban J connectivity index is 1.53. The van der Waals surface area contributed by atoms with E-state index in [1.165, 1.54) is 54.4 Å². The third-order valence-electron chi connectivity index (χ3n) is 7.67. The summed E-state index contributed by atoms with van der Waals surface area (Å²) in [4.78, 5) is 5.33. The van der Waals surface area contributed by atoms with E-state index in [0.717, 1.165) is 17.0 Å². The quantitative estimate of drug-likeness (QED) is 0.226. The van der Waals surface area contributed by atoms with Crippen molar-refractivity contribution in [3.8, 4) is 44.8 Å². The van der Waals surface area contributed by atoms with E-state index in [9.17, 15) is 0 Å². The minimum atomic E-state index is -0.456. The molecular formula is C37H28NP. The molecule has 1 unspecified atom stereocenters. The average molecular weight is 518 g/mol. The molecular weight excluding hydrogens is 489 g/mol. The maximum absolute atomic E-state index is 5.33. The van der Waals surface area contributed by atoms with Gasteiger partial charge in [0.2, 0.25) is 0 Å². The summed E-state index contributed by atoms with van der Waals surface area (Å²) >= 11 is 0. The van der Waals surface area contributed by atoms with Crippen molar-refractivity contribution in [3.63, 3.8) is 0 Å². The fourth-order valence-corrected chi connectivity index (χ4v) is 8.04. The Hall–Kier alpha value is -4.45. The molecule has 0 radical (unpaired) electrons. The first-order valence-electron chi connectivity index (χ1n) is 13.4. The molecule has 1 atom stereocenters. The second-order valence-corrected chi connectivity index (χ2v) is 12.2. The molecule has 0 aliphatic rings. The molecule has 0 amide bonds. The number of benzene rings is 5. The summed E-state index contributed by atoms with van der Waals surface area (Å²) in [6.45, 7) is 4.53. The van der Waals surface area contributed by atoms with Gasteiger partial charge in [-0.3, -0.25) is 0 Å². The zero-order chi connectivity index (χ0) is 26.3. The van der Waals surface area contributed by atoms with Crippen LogP contribution < -0.4 is 0 Å². The van der Waals surface area contributed by atoms with Crippen LogP contribution in [0.5, 0.6) is 0 Å². The van der Waals surface area contributed by atoms with Crippen molar-refractivity contribution in [2.45, 2.75) is 6.92 Å². The summed E-state index contributed by atoms with van der Waals surface area (Å²) in [5, 5.41) is 5.61. The Morgan fingerprint density at radius 1 is 0.487 bits per heavy atom. The van der Waals surface area contributed by atoms with Gasteiger partial charge in [-0.25, -0.2) is 4.98 Å². The second kappa shape index (κ2) is 9.70. The Labute approximate surface area is 230 Å². The first kappa shape index (κ1) is 23.7. The van der Waals surface area contributed by atoms with Crippen LogP contribution in [0.2, 0.25) is 0 Å². The molecule has 0 bridgehead atoms. The van der Waals surface area contributed by atoms with E-state index in [4.69, 9.17) is 4.98 Å². The van der Waals surface area contributed by atoms with Gasteiger partial charge in [-0.1, -0.05) is 121 Å². The minimum absolute atomic E-state index is 0.456. The number of aryl methyl sites for hydroxylation is 2. The molecule has 2 heterocycles. The van der Waals surface area contributed by atoms with E-state index in [0.29, 0.717) is 0 Å². The Bertz CT molecular complexity index is 1980. The lowest BCUT2D eigenvalue weighted by molar-refractivity contribution is 1.32. The van der Waals surface area contributed by atoms with Crippen LogP contribution in [-0.4, -0.2) is 4.98 Å². The van der Waals surface area contributed by atoms with E-state index >= 15 is 0 Å². The lowest BCUT2D eigenvalue weighted by Gasteiger charge is -2.15. The topological polar surface area (TPSA) is 12.9 Å². The molecule has 0 fully saturated rings. The van der Waals surface area contributed by atoms with Crippen LogP contribution in [0.1, 0.15) is 5.56 Å². The predicted molar refractivity (Wildman–Crippen MR) is 169 cm³/mol. The number of hydrogen-bond donors (Lipinski definition) is 0. The van der Waals surface area contributed by atoms with Gasteiger partial charge in [0.05, 0.1) is 11.4 Å². The monoisotopic (exact) mass is 517 g/mol. The summed E-state index contributed by atoms with van der Waals surface area (Å²) in [6, 6.07) is 48.2. The number of hydrogen-bond acceptors (Lipinski definition) is 1. The van der Waals surface area contributed by atoms with Gasteiger partial charge >= 0.3 is 0 Å². The maximum Gasteiger partial charge on any atom is 0.0725 e. The molecule has 0 aliphatic heterocycles. The van der Waals surface area contributed by atoms with Crippen molar-refractivity contribution in [3.05, 3.63) is 139 Å². The van der Waals surface area contributed by atoms with Crippen molar-refractivity contribution in [1.82, 2.24) is 4.98 Å². The van der Waals surface area contributed by atoms with Crippen LogP contribution in [-0.2, 0) is 6.66 Å². The fourth-order valence-electron chi connectivity index (χ4n) is 5.82. The number of rotatable bonds is 4. The molecule has 186 valence electrons. The molecule has 5 aromatic carbocycles. The number of pyridine rings is 1. The van der Waals surface area contributed by atoms with E-state index in [-0.39, 0.29) is 0 Å². The van der Waals surface area contributed by atoms with Gasteiger partial charge in [0, 0.05) is 21.4 Å². The third-order valence-corrected chi connectivity index (χ3v) is 9.93. The third kappa shape index (κ3) is 4.16. The predicted octanol–water partition coefficient (Wildman–Crippen LogP) is 10.9. The summed E-state index contributed by atoms with van der Waals surface area (Å²) in [6.07, 6.45) is 0. The van der Waals surface area contributed by atoms with Crippen LogP contribution in [0.15, 0.2) is 133 Å². The average Bonchev–Trinajstić information content (AvgIpc) is 3.29. The number of fused-ring (bicyclic) bond motifs is 3. The van der Waals surface area contributed by atoms with Crippen LogP contribution in [0.4, 0.5) is 0 Å². The molecule has 7 rings (SSSR count). The van der Waals surface area contributed by atoms with E-state index in [2.05, 4.69) is 147 Å². The summed E-state index contributed by atoms with van der Waals surface area (Å²) in [7, 11) is -0.456. The van der Waals surface area contributed by atoms with E-state index < -0.39 is 7.53 Å². The van der Waals surface area contributed by atoms with Crippen molar-refractivity contribution in [2.75, 3.05) is 0 Å². The van der Waals surface area contributed by atoms with Crippen molar-refractivity contribution in [1.29, 1.82) is 0 Å². The summed E-state index contributed by atoms with van der Waals surface area (Å²) in [5.74, 6) is 0. The van der Waals surface area contributed by atoms with E-state index in [1.54, 1.807) is 0 Å². The normalized spacial score (nSPS) is 11.8. The van der Waals surface area contributed by atoms with Gasteiger partial charge in [-0.15, -0.1) is 7.53 Å². The van der Waals surface area contributed by atoms with Crippen molar-refractivity contribution < 1.29 is 0 Å². The van der Waals surface area contributed by atoms with Crippen molar-refractivity contribution in [2.24, 2.45) is 6.66 Å². The molecule has 0 spiro atoms. The zero-order valence-corrected chi connectivity index (χ0v) is 23.0. The fraction of sp³-hybridized carbons (Fsp3) is 0.0541. The second-order valence-electron chi connectivity index (χ2n) is 10.2. The van der Waals surface area contributed by atoms with Crippen molar-refractivity contribution >= 4 is 28.5 Å². The summed E-state index contributed by atoms with van der Waals surface area (Å²) in [5.41, 5.74) is 10.5. The SMILES string of the molecule is Cc1cccc(-c2cc(-c3ccccc3-c3ccccc3)cc(-c3cccc4c5ccccc5p(C)c34)n2)c1. The Kier molecular flexibility index (Phi) is 5.88. The molecule has 2 heteroatoms. The van der Waals surface area contributed by atoms with Crippen LogP contribution >= 0.6 is 7.53 Å². The van der Waals surface area contributed by atoms with Gasteiger partial charge in [-0.05, 0) is 64.8 Å². The molecule has 0 N–H and O–H groups in total. The first-order chi connectivity index (χ1) is 19.2. The van der Waals surface area contributed by atoms with Gasteiger partial charge in [0.1, 0.15) is 0 Å². The Morgan fingerprint density at radius 3 is 1.92 bits per heavy atom. The standard InChI is InChI=1S/C37H28NP/c1-25-12-10-15-27(22-25)34-23-28(30-17-7-6-16-29(30)26-13-4-3-5-14-26)24-35(38-34)33-20-11-19-32-31-18-8-9-21-36(31)39(2)37(32)33/h3-24H,1-2H3. The van der Waals surface area contributed by atoms with Crippen LogP contribution in [0.3, 0.4) is 0 Å². The highest BCUT2D eigenvalue weighted by molar-refractivity contribution is 7.60. The van der Waals surface area contributed by atoms with Gasteiger partial charge < -0.3 is 0 Å². The molecule has 0 saturated carbocycles. The molecule has 7 aromatic rings. The highest BCUT2D eigenvalue weighted by Gasteiger charge is 2.17. The summed E-state index contributed by atoms with van der Waals surface area (Å²) < 4.78 is 0. The highest BCUT2D eigenvalue weighted by Crippen LogP contribution is 2.50. The number of nitrogens with zero attached hydrogens (tertiary/aromatic N) is 1. The molecule has 39 heavy (non-hydrogen) atoms. The number of aromatic nitrogens is 1. The molecule has 0 saturated heterocycles. The molecule has 1 nitrogen and oxygen atoms in total. The lowest BCUT2D eigenvalue weighted by atomic mass is 9.92. The highest BCUT2D eigenvalue weighted by atomic mass is 31.1. The first-order valence-corrected chi connectivity index (χ1v) is 15.2. The minimum Gasteiger partial charge on any atom is -0.248 e. The van der Waals surface area contributed by atoms with Gasteiger partial charge in [0.15, 0.2) is 0 Å². The Morgan fingerprint density at radius 2 is 1.10 bits per heavy atom. The smallest absolute Gasteiger partial charge is 0.0725 e. The zero-order valence-electron chi connectivity index (χ0n) is 22.1. The van der Waals surface area contributed by atoms with Gasteiger partial charge in [0.25, 0.3) is 0 Å². The maximum atomic E-state index is 5.33. The largest absolute Gasteiger partial charge is 0.248 e. The lowest BCUT2D eigenvalue weighted by Crippen LogP contribution is -1.93. The van der Waals surface area contributed by atoms with Crippen LogP contribution in [0, 0.1) is 6.92 Å². The van der Waals surface area contributed by atoms with E-state index in [1.807, 2.05) is 0 Å². The van der Waals surface area contributed by atoms with Gasteiger partial charge in [-0.2, -0.15) is 0 Å². The molecule has 2 aromatic heterocycles. The molecule has 0 aliphatic carbocycles. The van der Waals surface area contributed by atoms with Crippen LogP contribution in [0.25, 0.3) is 65.8 Å².